The monoisotopic (exact) mass is 593 g/mol. The summed E-state index contributed by atoms with van der Waals surface area (Å²) in [5.41, 5.74) is 5.36. The number of para-hydroxylation sites is 2. The number of thiocarbonyl (C=S) groups is 1. The van der Waals surface area contributed by atoms with Crippen molar-refractivity contribution in [1.29, 1.82) is 0 Å². The quantitative estimate of drug-likeness (QED) is 0.219. The van der Waals surface area contributed by atoms with Gasteiger partial charge >= 0.3 is 0 Å². The van der Waals surface area contributed by atoms with Crippen molar-refractivity contribution in [2.45, 2.75) is 32.4 Å². The van der Waals surface area contributed by atoms with E-state index in [4.69, 9.17) is 40.2 Å². The molecule has 40 heavy (non-hydrogen) atoms. The summed E-state index contributed by atoms with van der Waals surface area (Å²) in [5.74, 6) is 0.470. The maximum atomic E-state index is 13.0. The highest BCUT2D eigenvalue weighted by atomic mass is 35.5. The van der Waals surface area contributed by atoms with Crippen molar-refractivity contribution in [1.82, 2.24) is 19.8 Å². The molecule has 1 fully saturated rings. The highest BCUT2D eigenvalue weighted by Crippen LogP contribution is 2.42. The number of pyridine rings is 1. The highest BCUT2D eigenvalue weighted by molar-refractivity contribution is 7.80. The van der Waals surface area contributed by atoms with E-state index in [0.29, 0.717) is 33.1 Å². The Balaban J connectivity index is 1.49. The molecule has 4 aromatic rings. The standard InChI is InChI=1S/C30H29Cl2N5O2S/c1-18-17-20(19(2)37(18)24-12-8-9-21(31)27(24)32)29-28(23-11-6-7-15-33-23)35-30(40)36(29)16-14-26(38)34-22-10-4-5-13-25(22)39-3/h4-13,15,17,28-29H,14,16H2,1-3H3,(H,34,38)(H,35,40)/t28-,29+/m1/s1. The molecule has 10 heteroatoms. The fourth-order valence-corrected chi connectivity index (χ4v) is 6.00. The van der Waals surface area contributed by atoms with Crippen LogP contribution in [-0.4, -0.2) is 39.1 Å². The average molecular weight is 595 g/mol. The first kappa shape index (κ1) is 28.0. The molecule has 1 amide bonds. The van der Waals surface area contributed by atoms with Gasteiger partial charge in [-0.25, -0.2) is 0 Å². The molecule has 0 bridgehead atoms. The van der Waals surface area contributed by atoms with E-state index in [-0.39, 0.29) is 24.4 Å². The van der Waals surface area contributed by atoms with Crippen LogP contribution < -0.4 is 15.4 Å². The van der Waals surface area contributed by atoms with Crippen molar-refractivity contribution in [3.8, 4) is 11.4 Å². The van der Waals surface area contributed by atoms with Crippen LogP contribution in [0.2, 0.25) is 10.0 Å². The fraction of sp³-hybridized carbons (Fsp3) is 0.233. The predicted molar refractivity (Wildman–Crippen MR) is 164 cm³/mol. The molecule has 2 atom stereocenters. The molecular formula is C30H29Cl2N5O2S. The lowest BCUT2D eigenvalue weighted by molar-refractivity contribution is -0.116. The van der Waals surface area contributed by atoms with Crippen LogP contribution in [0.25, 0.3) is 5.69 Å². The van der Waals surface area contributed by atoms with Crippen LogP contribution in [0.5, 0.6) is 5.75 Å². The molecule has 0 radical (unpaired) electrons. The van der Waals surface area contributed by atoms with Crippen LogP contribution in [-0.2, 0) is 4.79 Å². The van der Waals surface area contributed by atoms with Crippen LogP contribution in [0.1, 0.15) is 41.1 Å². The van der Waals surface area contributed by atoms with Crippen molar-refractivity contribution < 1.29 is 9.53 Å². The second-order valence-electron chi connectivity index (χ2n) is 9.55. The number of nitrogens with zero attached hydrogens (tertiary/aromatic N) is 3. The zero-order valence-electron chi connectivity index (χ0n) is 22.3. The lowest BCUT2D eigenvalue weighted by Crippen LogP contribution is -2.33. The number of carbonyl (C=O) groups is 1. The van der Waals surface area contributed by atoms with Crippen LogP contribution in [0.3, 0.4) is 0 Å². The minimum atomic E-state index is -0.213. The number of methoxy groups -OCH3 is 1. The van der Waals surface area contributed by atoms with E-state index in [2.05, 4.69) is 38.1 Å². The third kappa shape index (κ3) is 5.39. The Labute approximate surface area is 249 Å². The first-order valence-corrected chi connectivity index (χ1v) is 14.0. The summed E-state index contributed by atoms with van der Waals surface area (Å²) in [7, 11) is 1.58. The van der Waals surface area contributed by atoms with Crippen molar-refractivity contribution in [2.75, 3.05) is 19.0 Å². The molecule has 0 aliphatic carbocycles. The van der Waals surface area contributed by atoms with Gasteiger partial charge in [-0.2, -0.15) is 0 Å². The van der Waals surface area contributed by atoms with Crippen LogP contribution >= 0.6 is 35.4 Å². The smallest absolute Gasteiger partial charge is 0.226 e. The van der Waals surface area contributed by atoms with E-state index >= 15 is 0 Å². The highest BCUT2D eigenvalue weighted by Gasteiger charge is 2.41. The molecule has 0 unspecified atom stereocenters. The molecule has 0 saturated carbocycles. The van der Waals surface area contributed by atoms with Crippen molar-refractivity contribution in [3.05, 3.63) is 106 Å². The first-order valence-electron chi connectivity index (χ1n) is 12.8. The Hall–Kier alpha value is -3.59. The second kappa shape index (κ2) is 11.9. The molecule has 2 N–H and O–H groups in total. The van der Waals surface area contributed by atoms with E-state index in [1.807, 2.05) is 61.5 Å². The van der Waals surface area contributed by atoms with Gasteiger partial charge in [0.05, 0.1) is 46.3 Å². The fourth-order valence-electron chi connectivity index (χ4n) is 5.29. The normalized spacial score (nSPS) is 16.6. The number of halogens is 2. The summed E-state index contributed by atoms with van der Waals surface area (Å²) in [6, 6.07) is 20.5. The molecule has 1 saturated heterocycles. The largest absolute Gasteiger partial charge is 0.495 e. The van der Waals surface area contributed by atoms with Crippen LogP contribution in [0.4, 0.5) is 5.69 Å². The minimum absolute atomic E-state index is 0.136. The average Bonchev–Trinajstić information content (AvgIpc) is 3.44. The maximum Gasteiger partial charge on any atom is 0.226 e. The van der Waals surface area contributed by atoms with E-state index in [0.717, 1.165) is 28.3 Å². The Kier molecular flexibility index (Phi) is 8.30. The van der Waals surface area contributed by atoms with Gasteiger partial charge in [-0.15, -0.1) is 0 Å². The van der Waals surface area contributed by atoms with Gasteiger partial charge in [0.25, 0.3) is 0 Å². The van der Waals surface area contributed by atoms with Gasteiger partial charge in [0.15, 0.2) is 5.11 Å². The van der Waals surface area contributed by atoms with Gasteiger partial charge < -0.3 is 24.8 Å². The summed E-state index contributed by atoms with van der Waals surface area (Å²) in [5, 5.41) is 7.97. The zero-order chi connectivity index (χ0) is 28.4. The van der Waals surface area contributed by atoms with Crippen LogP contribution in [0.15, 0.2) is 72.9 Å². The number of hydrogen-bond donors (Lipinski definition) is 2. The van der Waals surface area contributed by atoms with Gasteiger partial charge in [0, 0.05) is 30.6 Å². The van der Waals surface area contributed by atoms with Crippen molar-refractivity contribution in [3.63, 3.8) is 0 Å². The van der Waals surface area contributed by atoms with Gasteiger partial charge in [-0.05, 0) is 74.1 Å². The summed E-state index contributed by atoms with van der Waals surface area (Å²) in [6.45, 7) is 4.50. The number of carbonyl (C=O) groups excluding carboxylic acids is 1. The lowest BCUT2D eigenvalue weighted by atomic mass is 9.96. The van der Waals surface area contributed by atoms with Gasteiger partial charge in [0.1, 0.15) is 5.75 Å². The molecular weight excluding hydrogens is 565 g/mol. The second-order valence-corrected chi connectivity index (χ2v) is 10.7. The Morgan fingerprint density at radius 1 is 1.10 bits per heavy atom. The summed E-state index contributed by atoms with van der Waals surface area (Å²) in [6.07, 6.45) is 2.00. The number of amides is 1. The van der Waals surface area contributed by atoms with Crippen molar-refractivity contribution >= 4 is 52.1 Å². The molecule has 1 aliphatic rings. The number of ether oxygens (including phenoxy) is 1. The maximum absolute atomic E-state index is 13.0. The van der Waals surface area contributed by atoms with Crippen LogP contribution in [0, 0.1) is 13.8 Å². The summed E-state index contributed by atoms with van der Waals surface area (Å²) < 4.78 is 7.48. The summed E-state index contributed by atoms with van der Waals surface area (Å²) >= 11 is 18.8. The molecule has 0 spiro atoms. The third-order valence-corrected chi connectivity index (χ3v) is 8.28. The molecule has 3 heterocycles. The summed E-state index contributed by atoms with van der Waals surface area (Å²) in [4.78, 5) is 19.7. The number of anilines is 1. The molecule has 1 aliphatic heterocycles. The number of hydrogen-bond acceptors (Lipinski definition) is 4. The molecule has 5 rings (SSSR count). The van der Waals surface area contributed by atoms with Crippen molar-refractivity contribution in [2.24, 2.45) is 0 Å². The number of rotatable bonds is 8. The predicted octanol–water partition coefficient (Wildman–Crippen LogP) is 6.81. The van der Waals surface area contributed by atoms with Gasteiger partial charge in [-0.1, -0.05) is 47.5 Å². The third-order valence-electron chi connectivity index (χ3n) is 7.12. The Morgan fingerprint density at radius 2 is 1.88 bits per heavy atom. The Morgan fingerprint density at radius 3 is 2.62 bits per heavy atom. The van der Waals surface area contributed by atoms with E-state index in [1.165, 1.54) is 0 Å². The lowest BCUT2D eigenvalue weighted by Gasteiger charge is -2.28. The SMILES string of the molecule is COc1ccccc1NC(=O)CCN1C(=S)N[C@H](c2ccccn2)[C@@H]1c1cc(C)n(-c2cccc(Cl)c2Cl)c1C. The number of nitrogens with one attached hydrogen (secondary N) is 2. The number of aromatic nitrogens is 2. The Bertz CT molecular complexity index is 1560. The van der Waals surface area contributed by atoms with Gasteiger partial charge in [-0.3, -0.25) is 9.78 Å². The molecule has 7 nitrogen and oxygen atoms in total. The van der Waals surface area contributed by atoms with Gasteiger partial charge in [0.2, 0.25) is 5.91 Å². The van der Waals surface area contributed by atoms with E-state index < -0.39 is 0 Å². The first-order chi connectivity index (χ1) is 19.3. The number of aryl methyl sites for hydroxylation is 1. The number of benzene rings is 2. The van der Waals surface area contributed by atoms with E-state index in [9.17, 15) is 4.79 Å². The minimum Gasteiger partial charge on any atom is -0.495 e. The molecule has 206 valence electrons. The molecule has 2 aromatic heterocycles. The zero-order valence-corrected chi connectivity index (χ0v) is 24.6. The molecule has 2 aromatic carbocycles. The topological polar surface area (TPSA) is 71.4 Å². The van der Waals surface area contributed by atoms with E-state index in [1.54, 1.807) is 19.4 Å².